The fourth-order valence-electron chi connectivity index (χ4n) is 3.95. The van der Waals surface area contributed by atoms with Crippen molar-refractivity contribution in [2.75, 3.05) is 13.6 Å². The molecule has 27 heavy (non-hydrogen) atoms. The fraction of sp³-hybridized carbons (Fsp3) is 0.409. The van der Waals surface area contributed by atoms with Gasteiger partial charge in [0.15, 0.2) is 0 Å². The monoisotopic (exact) mass is 388 g/mol. The van der Waals surface area contributed by atoms with Crippen LogP contribution in [0.2, 0.25) is 5.02 Å². The predicted octanol–water partition coefficient (Wildman–Crippen LogP) is 5.13. The lowest BCUT2D eigenvalue weighted by Gasteiger charge is -2.48. The molecule has 2 unspecified atom stereocenters. The maximum atomic E-state index is 14.4. The van der Waals surface area contributed by atoms with Gasteiger partial charge in [-0.05, 0) is 57.5 Å². The summed E-state index contributed by atoms with van der Waals surface area (Å²) in [6.07, 6.45) is 3.19. The second-order valence-corrected chi connectivity index (χ2v) is 7.98. The number of rotatable bonds is 4. The first-order chi connectivity index (χ1) is 12.8. The molecule has 2 aromatic carbocycles. The molecule has 0 spiro atoms. The van der Waals surface area contributed by atoms with Crippen LogP contribution in [-0.4, -0.2) is 29.9 Å². The normalized spacial score (nSPS) is 21.7. The van der Waals surface area contributed by atoms with Crippen LogP contribution in [0, 0.1) is 12.7 Å². The minimum Gasteiger partial charge on any atom is -0.343 e. The van der Waals surface area contributed by atoms with E-state index < -0.39 is 11.7 Å². The van der Waals surface area contributed by atoms with Crippen molar-refractivity contribution in [3.63, 3.8) is 0 Å². The smallest absolute Gasteiger partial charge is 0.256 e. The number of benzene rings is 2. The predicted molar refractivity (Wildman–Crippen MR) is 108 cm³/mol. The van der Waals surface area contributed by atoms with Crippen LogP contribution in [-0.2, 0) is 0 Å². The standard InChI is InChI=1S/C22H26ClFN2O/c1-15-11-12-17(24)18(19(15)23)21(27)25-20(16-9-5-4-6-10-16)22(2)13-7-8-14-26(22)3/h4-6,9-12,20H,7-8,13-14H2,1-3H3,(H,25,27). The number of carbonyl (C=O) groups excluding carboxylic acids is 1. The van der Waals surface area contributed by atoms with Crippen LogP contribution < -0.4 is 5.32 Å². The number of hydrogen-bond donors (Lipinski definition) is 1. The van der Waals surface area contributed by atoms with Crippen LogP contribution in [0.25, 0.3) is 0 Å². The Labute approximate surface area is 165 Å². The second-order valence-electron chi connectivity index (χ2n) is 7.61. The van der Waals surface area contributed by atoms with Gasteiger partial charge < -0.3 is 5.32 Å². The lowest BCUT2D eigenvalue weighted by molar-refractivity contribution is 0.0467. The van der Waals surface area contributed by atoms with E-state index >= 15 is 0 Å². The molecule has 5 heteroatoms. The fourth-order valence-corrected chi connectivity index (χ4v) is 4.19. The topological polar surface area (TPSA) is 32.3 Å². The first-order valence-electron chi connectivity index (χ1n) is 9.36. The van der Waals surface area contributed by atoms with Gasteiger partial charge in [0.2, 0.25) is 0 Å². The van der Waals surface area contributed by atoms with E-state index in [2.05, 4.69) is 24.2 Å². The number of carbonyl (C=O) groups is 1. The van der Waals surface area contributed by atoms with Crippen molar-refractivity contribution in [2.45, 2.75) is 44.7 Å². The lowest BCUT2D eigenvalue weighted by atomic mass is 9.79. The third-order valence-electron chi connectivity index (χ3n) is 5.84. The van der Waals surface area contributed by atoms with Gasteiger partial charge in [-0.15, -0.1) is 0 Å². The molecule has 1 saturated heterocycles. The van der Waals surface area contributed by atoms with Gasteiger partial charge in [0.25, 0.3) is 5.91 Å². The molecule has 0 saturated carbocycles. The maximum absolute atomic E-state index is 14.4. The molecule has 0 aromatic heterocycles. The Kier molecular flexibility index (Phi) is 5.87. The molecule has 3 rings (SSSR count). The van der Waals surface area contributed by atoms with Crippen molar-refractivity contribution in [2.24, 2.45) is 0 Å². The number of nitrogens with one attached hydrogen (secondary N) is 1. The zero-order valence-corrected chi connectivity index (χ0v) is 16.8. The van der Waals surface area contributed by atoms with Crippen molar-refractivity contribution < 1.29 is 9.18 Å². The summed E-state index contributed by atoms with van der Waals surface area (Å²) in [6, 6.07) is 12.5. The number of likely N-dealkylation sites (tertiary alicyclic amines) is 1. The number of halogens is 2. The molecule has 1 aliphatic rings. The molecule has 0 radical (unpaired) electrons. The summed E-state index contributed by atoms with van der Waals surface area (Å²) in [5, 5.41) is 3.26. The molecule has 1 fully saturated rings. The van der Waals surface area contributed by atoms with Crippen LogP contribution in [0.5, 0.6) is 0 Å². The Morgan fingerprint density at radius 1 is 1.22 bits per heavy atom. The summed E-state index contributed by atoms with van der Waals surface area (Å²) in [5.74, 6) is -1.08. The first-order valence-corrected chi connectivity index (χ1v) is 9.74. The number of amides is 1. The van der Waals surface area contributed by atoms with Crippen LogP contribution in [0.1, 0.15) is 53.7 Å². The molecule has 3 nitrogen and oxygen atoms in total. The molecule has 1 amide bonds. The average molecular weight is 389 g/mol. The summed E-state index contributed by atoms with van der Waals surface area (Å²) >= 11 is 6.26. The molecule has 2 aromatic rings. The number of nitrogens with zero attached hydrogens (tertiary/aromatic N) is 1. The number of piperidine rings is 1. The van der Waals surface area contributed by atoms with Gasteiger partial charge in [-0.3, -0.25) is 9.69 Å². The van der Waals surface area contributed by atoms with E-state index in [1.165, 1.54) is 6.07 Å². The zero-order chi connectivity index (χ0) is 19.6. The maximum Gasteiger partial charge on any atom is 0.256 e. The summed E-state index contributed by atoms with van der Waals surface area (Å²) in [4.78, 5) is 15.4. The van der Waals surface area contributed by atoms with Gasteiger partial charge in [0.05, 0.1) is 16.6 Å². The average Bonchev–Trinajstić information content (AvgIpc) is 2.66. The minimum absolute atomic E-state index is 0.0836. The summed E-state index contributed by atoms with van der Waals surface area (Å²) in [6.45, 7) is 4.90. The van der Waals surface area contributed by atoms with Crippen molar-refractivity contribution in [1.29, 1.82) is 0 Å². The van der Waals surface area contributed by atoms with E-state index in [-0.39, 0.29) is 22.2 Å². The molecular formula is C22H26ClFN2O. The Balaban J connectivity index is 2.00. The summed E-state index contributed by atoms with van der Waals surface area (Å²) < 4.78 is 14.4. The minimum atomic E-state index is -0.600. The molecule has 1 heterocycles. The SMILES string of the molecule is Cc1ccc(F)c(C(=O)NC(c2ccccc2)C2(C)CCCCN2C)c1Cl. The molecule has 2 atom stereocenters. The first kappa shape index (κ1) is 19.8. The molecular weight excluding hydrogens is 363 g/mol. The lowest BCUT2D eigenvalue weighted by Crippen LogP contribution is -2.56. The Morgan fingerprint density at radius 3 is 2.59 bits per heavy atom. The Bertz CT molecular complexity index is 827. The van der Waals surface area contributed by atoms with E-state index in [1.807, 2.05) is 30.3 Å². The van der Waals surface area contributed by atoms with Crippen LogP contribution in [0.4, 0.5) is 4.39 Å². The highest BCUT2D eigenvalue weighted by molar-refractivity contribution is 6.34. The van der Waals surface area contributed by atoms with E-state index in [0.29, 0.717) is 5.56 Å². The molecule has 1 N–H and O–H groups in total. The van der Waals surface area contributed by atoms with Crippen LogP contribution in [0.15, 0.2) is 42.5 Å². The highest BCUT2D eigenvalue weighted by atomic mass is 35.5. The number of hydrogen-bond acceptors (Lipinski definition) is 2. The second kappa shape index (κ2) is 7.99. The highest BCUT2D eigenvalue weighted by Crippen LogP contribution is 2.38. The van der Waals surface area contributed by atoms with Gasteiger partial charge in [0, 0.05) is 5.54 Å². The zero-order valence-electron chi connectivity index (χ0n) is 16.1. The van der Waals surface area contributed by atoms with E-state index in [9.17, 15) is 9.18 Å². The van der Waals surface area contributed by atoms with E-state index in [4.69, 9.17) is 11.6 Å². The van der Waals surface area contributed by atoms with E-state index in [1.54, 1.807) is 13.0 Å². The van der Waals surface area contributed by atoms with Crippen molar-refractivity contribution in [3.05, 3.63) is 70.0 Å². The van der Waals surface area contributed by atoms with Crippen molar-refractivity contribution in [1.82, 2.24) is 10.2 Å². The quantitative estimate of drug-likeness (QED) is 0.787. The highest BCUT2D eigenvalue weighted by Gasteiger charge is 2.41. The molecule has 1 aliphatic heterocycles. The van der Waals surface area contributed by atoms with Gasteiger partial charge in [0.1, 0.15) is 5.82 Å². The van der Waals surface area contributed by atoms with E-state index in [0.717, 1.165) is 31.4 Å². The van der Waals surface area contributed by atoms with Crippen molar-refractivity contribution >= 4 is 17.5 Å². The molecule has 144 valence electrons. The van der Waals surface area contributed by atoms with Gasteiger partial charge in [-0.25, -0.2) is 4.39 Å². The largest absolute Gasteiger partial charge is 0.343 e. The van der Waals surface area contributed by atoms with Crippen LogP contribution >= 0.6 is 11.6 Å². The van der Waals surface area contributed by atoms with Crippen molar-refractivity contribution in [3.8, 4) is 0 Å². The van der Waals surface area contributed by atoms with Gasteiger partial charge >= 0.3 is 0 Å². The summed E-state index contributed by atoms with van der Waals surface area (Å²) in [5.41, 5.74) is 1.34. The number of aryl methyl sites for hydroxylation is 1. The number of likely N-dealkylation sites (N-methyl/N-ethyl adjacent to an activating group) is 1. The Hall–Kier alpha value is -1.91. The Morgan fingerprint density at radius 2 is 1.93 bits per heavy atom. The van der Waals surface area contributed by atoms with Gasteiger partial charge in [-0.2, -0.15) is 0 Å². The third-order valence-corrected chi connectivity index (χ3v) is 6.33. The molecule has 0 bridgehead atoms. The van der Waals surface area contributed by atoms with Gasteiger partial charge in [-0.1, -0.05) is 54.4 Å². The molecule has 0 aliphatic carbocycles. The third kappa shape index (κ3) is 3.87. The summed E-state index contributed by atoms with van der Waals surface area (Å²) in [7, 11) is 2.08. The van der Waals surface area contributed by atoms with Crippen LogP contribution in [0.3, 0.4) is 0 Å².